The van der Waals surface area contributed by atoms with Gasteiger partial charge in [0, 0.05) is 17.0 Å². The highest BCUT2D eigenvalue weighted by atomic mass is 32.2. The summed E-state index contributed by atoms with van der Waals surface area (Å²) < 4.78 is 0. The van der Waals surface area contributed by atoms with E-state index < -0.39 is 0 Å². The zero-order valence-electron chi connectivity index (χ0n) is 11.1. The minimum absolute atomic E-state index is 0.520. The van der Waals surface area contributed by atoms with E-state index in [1.807, 2.05) is 11.8 Å². The molecule has 1 nitrogen and oxygen atoms in total. The van der Waals surface area contributed by atoms with Gasteiger partial charge in [0.1, 0.15) is 0 Å². The first-order valence-electron chi connectivity index (χ1n) is 6.82. The maximum absolute atomic E-state index is 3.80. The molecule has 0 saturated carbocycles. The van der Waals surface area contributed by atoms with Crippen LogP contribution in [0.25, 0.3) is 0 Å². The summed E-state index contributed by atoms with van der Waals surface area (Å²) in [6.07, 6.45) is 2.35. The van der Waals surface area contributed by atoms with Gasteiger partial charge in [-0.2, -0.15) is 11.3 Å². The van der Waals surface area contributed by atoms with Gasteiger partial charge in [0.15, 0.2) is 0 Å². The van der Waals surface area contributed by atoms with Crippen LogP contribution in [0.4, 0.5) is 0 Å². The standard InChI is InChI=1S/C16H19NS2/c1-12(10-13-6-8-18-11-13)17-15-7-9-19-16-5-3-2-4-14(15)16/h2-6,8,11-12,15,17H,7,9-10H2,1H3. The Morgan fingerprint density at radius 3 is 3.05 bits per heavy atom. The van der Waals surface area contributed by atoms with E-state index in [4.69, 9.17) is 0 Å². The van der Waals surface area contributed by atoms with Gasteiger partial charge in [0.05, 0.1) is 0 Å². The summed E-state index contributed by atoms with van der Waals surface area (Å²) in [5.74, 6) is 1.22. The number of hydrogen-bond acceptors (Lipinski definition) is 3. The zero-order valence-corrected chi connectivity index (χ0v) is 12.8. The molecule has 1 aromatic carbocycles. The van der Waals surface area contributed by atoms with Crippen LogP contribution < -0.4 is 5.32 Å². The third-order valence-electron chi connectivity index (χ3n) is 3.57. The van der Waals surface area contributed by atoms with Gasteiger partial charge >= 0.3 is 0 Å². The molecule has 2 atom stereocenters. The monoisotopic (exact) mass is 289 g/mol. The molecule has 100 valence electrons. The first-order valence-corrected chi connectivity index (χ1v) is 8.74. The lowest BCUT2D eigenvalue weighted by atomic mass is 10.0. The normalized spacial score (nSPS) is 19.9. The second-order valence-electron chi connectivity index (χ2n) is 5.13. The molecule has 0 saturated heterocycles. The van der Waals surface area contributed by atoms with Gasteiger partial charge < -0.3 is 5.32 Å². The smallest absolute Gasteiger partial charge is 0.0341 e. The Kier molecular flexibility index (Phi) is 4.26. The van der Waals surface area contributed by atoms with Gasteiger partial charge in [-0.25, -0.2) is 0 Å². The van der Waals surface area contributed by atoms with Gasteiger partial charge in [-0.1, -0.05) is 18.2 Å². The maximum Gasteiger partial charge on any atom is 0.0341 e. The molecular weight excluding hydrogens is 270 g/mol. The first-order chi connectivity index (χ1) is 9.33. The average molecular weight is 289 g/mol. The largest absolute Gasteiger partial charge is 0.307 e. The van der Waals surface area contributed by atoms with Gasteiger partial charge in [-0.15, -0.1) is 11.8 Å². The molecule has 0 amide bonds. The van der Waals surface area contributed by atoms with Crippen LogP contribution in [0.3, 0.4) is 0 Å². The molecule has 1 aromatic heterocycles. The predicted molar refractivity (Wildman–Crippen MR) is 85.1 cm³/mol. The zero-order chi connectivity index (χ0) is 13.1. The van der Waals surface area contributed by atoms with E-state index in [1.165, 1.54) is 28.2 Å². The van der Waals surface area contributed by atoms with Crippen molar-refractivity contribution in [2.45, 2.75) is 36.7 Å². The minimum Gasteiger partial charge on any atom is -0.307 e. The van der Waals surface area contributed by atoms with E-state index in [0.29, 0.717) is 12.1 Å². The fourth-order valence-corrected chi connectivity index (χ4v) is 4.49. The Morgan fingerprint density at radius 1 is 1.32 bits per heavy atom. The fourth-order valence-electron chi connectivity index (χ4n) is 2.68. The summed E-state index contributed by atoms with van der Waals surface area (Å²) in [6, 6.07) is 12.1. The van der Waals surface area contributed by atoms with Gasteiger partial charge in [0.25, 0.3) is 0 Å². The number of nitrogens with one attached hydrogen (secondary N) is 1. The molecule has 0 aliphatic carbocycles. The van der Waals surface area contributed by atoms with Crippen molar-refractivity contribution >= 4 is 23.1 Å². The number of benzene rings is 1. The molecule has 2 heterocycles. The molecule has 0 spiro atoms. The van der Waals surface area contributed by atoms with Crippen molar-refractivity contribution in [3.05, 3.63) is 52.2 Å². The Hall–Kier alpha value is -0.770. The average Bonchev–Trinajstić information content (AvgIpc) is 2.92. The summed E-state index contributed by atoms with van der Waals surface area (Å²) in [4.78, 5) is 1.45. The molecule has 1 aliphatic rings. The van der Waals surface area contributed by atoms with E-state index in [1.54, 1.807) is 11.3 Å². The molecule has 0 radical (unpaired) electrons. The second kappa shape index (κ2) is 6.12. The van der Waals surface area contributed by atoms with E-state index in [-0.39, 0.29) is 0 Å². The molecular formula is C16H19NS2. The molecule has 3 heteroatoms. The number of hydrogen-bond donors (Lipinski definition) is 1. The highest BCUT2D eigenvalue weighted by molar-refractivity contribution is 7.99. The molecule has 0 fully saturated rings. The number of thiophene rings is 1. The molecule has 2 aromatic rings. The topological polar surface area (TPSA) is 12.0 Å². The van der Waals surface area contributed by atoms with Crippen LogP contribution in [0.5, 0.6) is 0 Å². The number of rotatable bonds is 4. The van der Waals surface area contributed by atoms with Gasteiger partial charge in [0.2, 0.25) is 0 Å². The lowest BCUT2D eigenvalue weighted by Crippen LogP contribution is -2.33. The summed E-state index contributed by atoms with van der Waals surface area (Å²) in [7, 11) is 0. The third kappa shape index (κ3) is 3.22. The fraction of sp³-hybridized carbons (Fsp3) is 0.375. The lowest BCUT2D eigenvalue weighted by molar-refractivity contribution is 0.438. The summed E-state index contributed by atoms with van der Waals surface area (Å²) >= 11 is 3.77. The molecule has 3 rings (SSSR count). The van der Waals surface area contributed by atoms with Crippen LogP contribution in [-0.2, 0) is 6.42 Å². The highest BCUT2D eigenvalue weighted by Crippen LogP contribution is 2.36. The first kappa shape index (κ1) is 13.2. The van der Waals surface area contributed by atoms with E-state index in [9.17, 15) is 0 Å². The Balaban J connectivity index is 1.67. The lowest BCUT2D eigenvalue weighted by Gasteiger charge is -2.28. The van der Waals surface area contributed by atoms with Crippen LogP contribution in [0.15, 0.2) is 46.0 Å². The van der Waals surface area contributed by atoms with Gasteiger partial charge in [-0.3, -0.25) is 0 Å². The van der Waals surface area contributed by atoms with Crippen molar-refractivity contribution < 1.29 is 0 Å². The van der Waals surface area contributed by atoms with E-state index >= 15 is 0 Å². The second-order valence-corrected chi connectivity index (χ2v) is 7.05. The van der Waals surface area contributed by atoms with Crippen molar-refractivity contribution in [2.75, 3.05) is 5.75 Å². The van der Waals surface area contributed by atoms with Gasteiger partial charge in [-0.05, 0) is 59.5 Å². The number of thioether (sulfide) groups is 1. The molecule has 2 unspecified atom stereocenters. The van der Waals surface area contributed by atoms with Crippen molar-refractivity contribution in [1.29, 1.82) is 0 Å². The van der Waals surface area contributed by atoms with Crippen LogP contribution >= 0.6 is 23.1 Å². The summed E-state index contributed by atoms with van der Waals surface area (Å²) in [5, 5.41) is 8.22. The van der Waals surface area contributed by atoms with Crippen molar-refractivity contribution in [2.24, 2.45) is 0 Å². The predicted octanol–water partition coefficient (Wildman–Crippen LogP) is 4.51. The van der Waals surface area contributed by atoms with E-state index in [0.717, 1.165) is 6.42 Å². The molecule has 0 bridgehead atoms. The number of fused-ring (bicyclic) bond motifs is 1. The minimum atomic E-state index is 0.520. The Morgan fingerprint density at radius 2 is 2.21 bits per heavy atom. The quantitative estimate of drug-likeness (QED) is 0.889. The summed E-state index contributed by atoms with van der Waals surface area (Å²) in [5.41, 5.74) is 2.93. The molecule has 1 aliphatic heterocycles. The SMILES string of the molecule is CC(Cc1ccsc1)NC1CCSc2ccccc21. The van der Waals surface area contributed by atoms with Crippen LogP contribution in [0.2, 0.25) is 0 Å². The Labute approximate surface area is 123 Å². The highest BCUT2D eigenvalue weighted by Gasteiger charge is 2.21. The third-order valence-corrected chi connectivity index (χ3v) is 5.42. The van der Waals surface area contributed by atoms with Crippen LogP contribution in [-0.4, -0.2) is 11.8 Å². The Bertz CT molecular complexity index is 521. The van der Waals surface area contributed by atoms with Crippen molar-refractivity contribution in [3.8, 4) is 0 Å². The molecule has 19 heavy (non-hydrogen) atoms. The molecule has 1 N–H and O–H groups in total. The van der Waals surface area contributed by atoms with Crippen molar-refractivity contribution in [3.63, 3.8) is 0 Å². The van der Waals surface area contributed by atoms with E-state index in [2.05, 4.69) is 53.3 Å². The maximum atomic E-state index is 3.80. The van der Waals surface area contributed by atoms with Crippen LogP contribution in [0.1, 0.15) is 30.5 Å². The summed E-state index contributed by atoms with van der Waals surface area (Å²) in [6.45, 7) is 2.29. The van der Waals surface area contributed by atoms with Crippen LogP contribution in [0, 0.1) is 0 Å². The van der Waals surface area contributed by atoms with Crippen molar-refractivity contribution in [1.82, 2.24) is 5.32 Å².